The van der Waals surface area contributed by atoms with Crippen LogP contribution in [0.5, 0.6) is 0 Å². The predicted octanol–water partition coefficient (Wildman–Crippen LogP) is 2.60. The third-order valence-corrected chi connectivity index (χ3v) is 3.93. The molecule has 0 bridgehead atoms. The molecule has 0 saturated heterocycles. The molecular formula is C15H20N4O2. The molecule has 0 saturated carbocycles. The molecule has 0 atom stereocenters. The quantitative estimate of drug-likeness (QED) is 0.678. The first kappa shape index (κ1) is 15.2. The van der Waals surface area contributed by atoms with E-state index >= 15 is 0 Å². The summed E-state index contributed by atoms with van der Waals surface area (Å²) in [6.45, 7) is 6.49. The van der Waals surface area contributed by atoms with Crippen LogP contribution >= 0.6 is 0 Å². The third kappa shape index (κ3) is 2.95. The van der Waals surface area contributed by atoms with Crippen LogP contribution in [0, 0.1) is 17.0 Å². The summed E-state index contributed by atoms with van der Waals surface area (Å²) < 4.78 is 2.02. The molecule has 0 aliphatic rings. The minimum Gasteiger partial charge on any atom is -0.328 e. The Hall–Kier alpha value is -2.21. The molecule has 6 nitrogen and oxygen atoms in total. The number of nitrogens with zero attached hydrogens (tertiary/aromatic N) is 3. The predicted molar refractivity (Wildman–Crippen MR) is 81.2 cm³/mol. The maximum absolute atomic E-state index is 11.0. The molecule has 1 aromatic heterocycles. The van der Waals surface area contributed by atoms with Crippen LogP contribution in [0.15, 0.2) is 30.7 Å². The van der Waals surface area contributed by atoms with E-state index in [1.807, 2.05) is 23.9 Å². The van der Waals surface area contributed by atoms with Gasteiger partial charge < -0.3 is 9.88 Å². The topological polar surface area (TPSA) is 73.0 Å². The minimum absolute atomic E-state index is 0.155. The fraction of sp³-hybridized carbons (Fsp3) is 0.400. The lowest BCUT2D eigenvalue weighted by Gasteiger charge is -2.25. The van der Waals surface area contributed by atoms with Gasteiger partial charge in [0.05, 0.1) is 28.7 Å². The summed E-state index contributed by atoms with van der Waals surface area (Å²) in [6.07, 6.45) is 3.58. The van der Waals surface area contributed by atoms with Gasteiger partial charge in [0.25, 0.3) is 5.69 Å². The van der Waals surface area contributed by atoms with E-state index in [4.69, 9.17) is 0 Å². The maximum Gasteiger partial charge on any atom is 0.272 e. The third-order valence-electron chi connectivity index (χ3n) is 3.93. The maximum atomic E-state index is 11.0. The number of imidazole rings is 1. The van der Waals surface area contributed by atoms with Crippen LogP contribution < -0.4 is 5.32 Å². The summed E-state index contributed by atoms with van der Waals surface area (Å²) in [7, 11) is 1.90. The highest BCUT2D eigenvalue weighted by Gasteiger charge is 2.23. The van der Waals surface area contributed by atoms with Gasteiger partial charge in [-0.25, -0.2) is 4.98 Å². The van der Waals surface area contributed by atoms with Crippen LogP contribution in [-0.2, 0) is 12.1 Å². The molecule has 0 unspecified atom stereocenters. The van der Waals surface area contributed by atoms with Gasteiger partial charge in [0, 0.05) is 18.2 Å². The van der Waals surface area contributed by atoms with Crippen molar-refractivity contribution < 1.29 is 4.92 Å². The van der Waals surface area contributed by atoms with E-state index < -0.39 is 0 Å². The molecule has 0 fully saturated rings. The molecule has 2 aromatic rings. The molecule has 6 heteroatoms. The Morgan fingerprint density at radius 2 is 2.14 bits per heavy atom. The van der Waals surface area contributed by atoms with Crippen LogP contribution in [0.2, 0.25) is 0 Å². The van der Waals surface area contributed by atoms with Crippen molar-refractivity contribution in [1.29, 1.82) is 0 Å². The van der Waals surface area contributed by atoms with Crippen molar-refractivity contribution in [2.75, 3.05) is 7.05 Å². The smallest absolute Gasteiger partial charge is 0.272 e. The van der Waals surface area contributed by atoms with E-state index in [0.29, 0.717) is 12.1 Å². The number of nitro benzene ring substituents is 1. The number of aromatic nitrogens is 2. The second-order valence-corrected chi connectivity index (χ2v) is 5.60. The van der Waals surface area contributed by atoms with Crippen LogP contribution in [-0.4, -0.2) is 21.5 Å². The van der Waals surface area contributed by atoms with Gasteiger partial charge in [-0.1, -0.05) is 12.1 Å². The van der Waals surface area contributed by atoms with Crippen LogP contribution in [0.3, 0.4) is 0 Å². The SMILES string of the molecule is CNC(C)(C)c1cncn1Cc1cccc([N+](=O)[O-])c1C. The number of hydrogen-bond donors (Lipinski definition) is 1. The van der Waals surface area contributed by atoms with Crippen molar-refractivity contribution in [1.82, 2.24) is 14.9 Å². The van der Waals surface area contributed by atoms with Gasteiger partial charge in [-0.3, -0.25) is 10.1 Å². The van der Waals surface area contributed by atoms with E-state index in [1.165, 1.54) is 6.07 Å². The lowest BCUT2D eigenvalue weighted by atomic mass is 10.0. The zero-order valence-electron chi connectivity index (χ0n) is 12.8. The highest BCUT2D eigenvalue weighted by molar-refractivity contribution is 5.44. The number of benzene rings is 1. The highest BCUT2D eigenvalue weighted by Crippen LogP contribution is 2.24. The van der Waals surface area contributed by atoms with Crippen molar-refractivity contribution in [2.24, 2.45) is 0 Å². The van der Waals surface area contributed by atoms with Crippen molar-refractivity contribution in [3.63, 3.8) is 0 Å². The molecule has 0 spiro atoms. The van der Waals surface area contributed by atoms with Crippen LogP contribution in [0.4, 0.5) is 5.69 Å². The van der Waals surface area contributed by atoms with E-state index in [-0.39, 0.29) is 16.1 Å². The van der Waals surface area contributed by atoms with Gasteiger partial charge in [-0.05, 0) is 33.4 Å². The second kappa shape index (κ2) is 5.65. The minimum atomic E-state index is -0.342. The Bertz CT molecular complexity index is 661. The van der Waals surface area contributed by atoms with Gasteiger partial charge in [0.1, 0.15) is 0 Å². The molecule has 21 heavy (non-hydrogen) atoms. The number of rotatable bonds is 5. The zero-order chi connectivity index (χ0) is 15.6. The number of hydrogen-bond acceptors (Lipinski definition) is 4. The Morgan fingerprint density at radius 1 is 1.43 bits per heavy atom. The average molecular weight is 288 g/mol. The fourth-order valence-electron chi connectivity index (χ4n) is 2.32. The van der Waals surface area contributed by atoms with Crippen molar-refractivity contribution in [3.05, 3.63) is 57.7 Å². The summed E-state index contributed by atoms with van der Waals surface area (Å²) in [6, 6.07) is 5.17. The molecule has 0 radical (unpaired) electrons. The van der Waals surface area contributed by atoms with E-state index in [2.05, 4.69) is 24.1 Å². The first-order chi connectivity index (χ1) is 9.86. The first-order valence-corrected chi connectivity index (χ1v) is 6.79. The van der Waals surface area contributed by atoms with Gasteiger partial charge >= 0.3 is 0 Å². The Kier molecular flexibility index (Phi) is 4.09. The first-order valence-electron chi connectivity index (χ1n) is 6.79. The standard InChI is InChI=1S/C15H20N4O2/c1-11-12(6-5-7-13(11)19(20)21)9-18-10-17-8-14(18)15(2,3)16-4/h5-8,10,16H,9H2,1-4H3. The van der Waals surface area contributed by atoms with Crippen molar-refractivity contribution in [2.45, 2.75) is 32.9 Å². The molecule has 2 rings (SSSR count). The van der Waals surface area contributed by atoms with Crippen molar-refractivity contribution >= 4 is 5.69 Å². The molecule has 0 aliphatic carbocycles. The summed E-state index contributed by atoms with van der Waals surface area (Å²) in [5, 5.41) is 14.3. The lowest BCUT2D eigenvalue weighted by Crippen LogP contribution is -2.35. The van der Waals surface area contributed by atoms with E-state index in [9.17, 15) is 10.1 Å². The Labute approximate surface area is 124 Å². The highest BCUT2D eigenvalue weighted by atomic mass is 16.6. The lowest BCUT2D eigenvalue weighted by molar-refractivity contribution is -0.385. The Balaban J connectivity index is 2.39. The second-order valence-electron chi connectivity index (χ2n) is 5.60. The number of nitro groups is 1. The molecule has 0 aliphatic heterocycles. The van der Waals surface area contributed by atoms with Gasteiger partial charge in [0.2, 0.25) is 0 Å². The normalized spacial score (nSPS) is 11.6. The van der Waals surface area contributed by atoms with Gasteiger partial charge in [-0.2, -0.15) is 0 Å². The molecule has 1 heterocycles. The Morgan fingerprint density at radius 3 is 2.76 bits per heavy atom. The molecular weight excluding hydrogens is 268 g/mol. The molecule has 0 amide bonds. The van der Waals surface area contributed by atoms with E-state index in [1.54, 1.807) is 19.3 Å². The molecule has 1 aromatic carbocycles. The number of nitrogens with one attached hydrogen (secondary N) is 1. The fourth-order valence-corrected chi connectivity index (χ4v) is 2.32. The zero-order valence-corrected chi connectivity index (χ0v) is 12.8. The van der Waals surface area contributed by atoms with Crippen LogP contribution in [0.25, 0.3) is 0 Å². The summed E-state index contributed by atoms with van der Waals surface area (Å²) in [5.41, 5.74) is 2.60. The van der Waals surface area contributed by atoms with E-state index in [0.717, 1.165) is 11.3 Å². The van der Waals surface area contributed by atoms with Gasteiger partial charge in [-0.15, -0.1) is 0 Å². The monoisotopic (exact) mass is 288 g/mol. The largest absolute Gasteiger partial charge is 0.328 e. The van der Waals surface area contributed by atoms with Crippen molar-refractivity contribution in [3.8, 4) is 0 Å². The molecule has 1 N–H and O–H groups in total. The summed E-state index contributed by atoms with van der Waals surface area (Å²) in [5.74, 6) is 0. The summed E-state index contributed by atoms with van der Waals surface area (Å²) in [4.78, 5) is 14.9. The molecule has 112 valence electrons. The van der Waals surface area contributed by atoms with Gasteiger partial charge in [0.15, 0.2) is 0 Å². The van der Waals surface area contributed by atoms with Crippen LogP contribution in [0.1, 0.15) is 30.7 Å². The average Bonchev–Trinajstić information content (AvgIpc) is 2.90. The summed E-state index contributed by atoms with van der Waals surface area (Å²) >= 11 is 0.